The van der Waals surface area contributed by atoms with Gasteiger partial charge in [0.05, 0.1) is 6.61 Å². The van der Waals surface area contributed by atoms with E-state index in [1.807, 2.05) is 30.3 Å². The number of unbranched alkanes of at least 4 members (excludes halogenated alkanes) is 2. The van der Waals surface area contributed by atoms with E-state index in [1.165, 1.54) is 64.2 Å². The topological polar surface area (TPSA) is 9.23 Å². The van der Waals surface area contributed by atoms with Crippen molar-refractivity contribution in [3.05, 3.63) is 42.0 Å². The molecule has 0 saturated carbocycles. The molecule has 0 heterocycles. The van der Waals surface area contributed by atoms with E-state index in [2.05, 4.69) is 19.9 Å². The number of hydrogen-bond acceptors (Lipinski definition) is 1. The maximum absolute atomic E-state index is 5.87. The summed E-state index contributed by atoms with van der Waals surface area (Å²) in [5.74, 6) is 2.75. The van der Waals surface area contributed by atoms with Gasteiger partial charge in [-0.25, -0.2) is 0 Å². The molecule has 1 aliphatic carbocycles. The molecule has 2 rings (SSSR count). The number of benzene rings is 1. The molecule has 0 N–H and O–H groups in total. The molecule has 140 valence electrons. The Balaban J connectivity index is 1.72. The van der Waals surface area contributed by atoms with Crippen LogP contribution in [0.1, 0.15) is 84.5 Å². The van der Waals surface area contributed by atoms with Gasteiger partial charge in [0, 0.05) is 0 Å². The van der Waals surface area contributed by atoms with Crippen LogP contribution in [-0.4, -0.2) is 6.61 Å². The van der Waals surface area contributed by atoms with Crippen LogP contribution in [0.3, 0.4) is 0 Å². The summed E-state index contributed by atoms with van der Waals surface area (Å²) in [6, 6.07) is 10.2. The third-order valence-corrected chi connectivity index (χ3v) is 5.64. The monoisotopic (exact) mass is 342 g/mol. The fourth-order valence-corrected chi connectivity index (χ4v) is 4.12. The second-order valence-electron chi connectivity index (χ2n) is 7.70. The van der Waals surface area contributed by atoms with Gasteiger partial charge in [0.25, 0.3) is 0 Å². The van der Waals surface area contributed by atoms with E-state index in [0.29, 0.717) is 0 Å². The van der Waals surface area contributed by atoms with E-state index in [4.69, 9.17) is 4.74 Å². The van der Waals surface area contributed by atoms with Crippen molar-refractivity contribution in [2.24, 2.45) is 11.8 Å². The Morgan fingerprint density at radius 2 is 1.84 bits per heavy atom. The summed E-state index contributed by atoms with van der Waals surface area (Å²) in [4.78, 5) is 0. The predicted molar refractivity (Wildman–Crippen MR) is 109 cm³/mol. The molecule has 1 aliphatic rings. The quantitative estimate of drug-likeness (QED) is 0.281. The molecule has 0 bridgehead atoms. The van der Waals surface area contributed by atoms with E-state index < -0.39 is 0 Å². The summed E-state index contributed by atoms with van der Waals surface area (Å²) in [6.45, 7) is 5.47. The Labute approximate surface area is 155 Å². The van der Waals surface area contributed by atoms with E-state index in [0.717, 1.165) is 30.6 Å². The molecule has 0 aromatic heterocycles. The molecule has 0 radical (unpaired) electrons. The van der Waals surface area contributed by atoms with Crippen molar-refractivity contribution in [1.82, 2.24) is 0 Å². The van der Waals surface area contributed by atoms with E-state index in [-0.39, 0.29) is 0 Å². The molecule has 0 spiro atoms. The first-order valence-corrected chi connectivity index (χ1v) is 10.7. The van der Waals surface area contributed by atoms with Crippen molar-refractivity contribution in [3.63, 3.8) is 0 Å². The minimum Gasteiger partial charge on any atom is -0.494 e. The van der Waals surface area contributed by atoms with Crippen LogP contribution >= 0.6 is 0 Å². The fraction of sp³-hybridized carbons (Fsp3) is 0.667. The van der Waals surface area contributed by atoms with Crippen LogP contribution in [0.2, 0.25) is 0 Å². The standard InChI is InChI=1S/C24H38O/c1-3-5-7-12-21-16-18-23(19-17-21)22(11-4-2)13-10-20-25-24-14-8-6-9-15-24/h6,8-9,14-15,18,21-22H,3-5,7,10-13,16-17,19-20H2,1-2H3. The smallest absolute Gasteiger partial charge is 0.119 e. The Kier molecular flexibility index (Phi) is 9.77. The Hall–Kier alpha value is -1.24. The van der Waals surface area contributed by atoms with Crippen LogP contribution in [0.25, 0.3) is 0 Å². The third kappa shape index (κ3) is 7.67. The number of hydrogen-bond donors (Lipinski definition) is 0. The minimum atomic E-state index is 0.793. The van der Waals surface area contributed by atoms with Gasteiger partial charge in [0.2, 0.25) is 0 Å². The van der Waals surface area contributed by atoms with Crippen molar-refractivity contribution in [1.29, 1.82) is 0 Å². The summed E-state index contributed by atoms with van der Waals surface area (Å²) >= 11 is 0. The fourth-order valence-electron chi connectivity index (χ4n) is 4.12. The zero-order chi connectivity index (χ0) is 17.7. The maximum atomic E-state index is 5.87. The first kappa shape index (κ1) is 20.1. The van der Waals surface area contributed by atoms with Gasteiger partial charge in [-0.3, -0.25) is 0 Å². The highest BCUT2D eigenvalue weighted by Gasteiger charge is 2.19. The van der Waals surface area contributed by atoms with Gasteiger partial charge in [0.1, 0.15) is 5.75 Å². The lowest BCUT2D eigenvalue weighted by Crippen LogP contribution is -2.13. The lowest BCUT2D eigenvalue weighted by molar-refractivity contribution is 0.291. The summed E-state index contributed by atoms with van der Waals surface area (Å²) < 4.78 is 5.87. The molecule has 2 atom stereocenters. The molecule has 0 amide bonds. The highest BCUT2D eigenvalue weighted by molar-refractivity contribution is 5.20. The van der Waals surface area contributed by atoms with Crippen molar-refractivity contribution >= 4 is 0 Å². The van der Waals surface area contributed by atoms with Crippen molar-refractivity contribution < 1.29 is 4.74 Å². The molecule has 1 heteroatoms. The first-order chi connectivity index (χ1) is 12.3. The van der Waals surface area contributed by atoms with E-state index >= 15 is 0 Å². The molecule has 2 unspecified atom stereocenters. The lowest BCUT2D eigenvalue weighted by Gasteiger charge is -2.27. The zero-order valence-electron chi connectivity index (χ0n) is 16.5. The van der Waals surface area contributed by atoms with Crippen LogP contribution in [0, 0.1) is 11.8 Å². The van der Waals surface area contributed by atoms with E-state index in [1.54, 1.807) is 5.57 Å². The molecule has 25 heavy (non-hydrogen) atoms. The van der Waals surface area contributed by atoms with Crippen LogP contribution in [-0.2, 0) is 0 Å². The summed E-state index contributed by atoms with van der Waals surface area (Å²) in [6.07, 6.45) is 17.4. The Morgan fingerprint density at radius 1 is 1.00 bits per heavy atom. The SMILES string of the molecule is CCCCCC1CC=C(C(CCC)CCCOc2ccccc2)CC1. The number of allylic oxidation sites excluding steroid dienone is 2. The lowest BCUT2D eigenvalue weighted by atomic mass is 9.79. The molecule has 0 saturated heterocycles. The second-order valence-corrected chi connectivity index (χ2v) is 7.70. The molecular weight excluding hydrogens is 304 g/mol. The van der Waals surface area contributed by atoms with Gasteiger partial charge in [-0.2, -0.15) is 0 Å². The highest BCUT2D eigenvalue weighted by Crippen LogP contribution is 2.34. The van der Waals surface area contributed by atoms with Crippen LogP contribution in [0.5, 0.6) is 5.75 Å². The predicted octanol–water partition coefficient (Wildman–Crippen LogP) is 7.57. The average Bonchev–Trinajstić information content (AvgIpc) is 2.66. The summed E-state index contributed by atoms with van der Waals surface area (Å²) in [7, 11) is 0. The molecule has 1 aromatic carbocycles. The number of ether oxygens (including phenoxy) is 1. The van der Waals surface area contributed by atoms with Gasteiger partial charge < -0.3 is 4.74 Å². The van der Waals surface area contributed by atoms with Gasteiger partial charge in [-0.15, -0.1) is 0 Å². The molecule has 1 nitrogen and oxygen atoms in total. The number of rotatable bonds is 12. The van der Waals surface area contributed by atoms with Gasteiger partial charge >= 0.3 is 0 Å². The van der Waals surface area contributed by atoms with Gasteiger partial charge in [-0.05, 0) is 62.5 Å². The maximum Gasteiger partial charge on any atom is 0.119 e. The minimum absolute atomic E-state index is 0.793. The van der Waals surface area contributed by atoms with E-state index in [9.17, 15) is 0 Å². The van der Waals surface area contributed by atoms with Crippen LogP contribution in [0.4, 0.5) is 0 Å². The van der Waals surface area contributed by atoms with Crippen LogP contribution < -0.4 is 4.74 Å². The summed E-state index contributed by atoms with van der Waals surface area (Å²) in [5, 5.41) is 0. The average molecular weight is 343 g/mol. The molecular formula is C24H38O. The molecule has 0 fully saturated rings. The second kappa shape index (κ2) is 12.2. The summed E-state index contributed by atoms with van der Waals surface area (Å²) in [5.41, 5.74) is 1.76. The van der Waals surface area contributed by atoms with Crippen molar-refractivity contribution in [3.8, 4) is 5.75 Å². The van der Waals surface area contributed by atoms with Crippen LogP contribution in [0.15, 0.2) is 42.0 Å². The molecule has 1 aromatic rings. The zero-order valence-corrected chi connectivity index (χ0v) is 16.5. The first-order valence-electron chi connectivity index (χ1n) is 10.7. The van der Waals surface area contributed by atoms with Crippen molar-refractivity contribution in [2.75, 3.05) is 6.61 Å². The Bertz CT molecular complexity index is 476. The molecule has 0 aliphatic heterocycles. The largest absolute Gasteiger partial charge is 0.494 e. The van der Waals surface area contributed by atoms with Crippen molar-refractivity contribution in [2.45, 2.75) is 84.5 Å². The Morgan fingerprint density at radius 3 is 2.52 bits per heavy atom. The van der Waals surface area contributed by atoms with Gasteiger partial charge in [0.15, 0.2) is 0 Å². The highest BCUT2D eigenvalue weighted by atomic mass is 16.5. The normalized spacial score (nSPS) is 18.6. The number of para-hydroxylation sites is 1. The third-order valence-electron chi connectivity index (χ3n) is 5.64. The van der Waals surface area contributed by atoms with Gasteiger partial charge in [-0.1, -0.05) is 75.8 Å².